The lowest BCUT2D eigenvalue weighted by Crippen LogP contribution is -2.22. The van der Waals surface area contributed by atoms with Gasteiger partial charge in [-0.25, -0.2) is 8.42 Å². The Bertz CT molecular complexity index is 1620. The number of hydrogen-bond donors (Lipinski definition) is 0. The van der Waals surface area contributed by atoms with Gasteiger partial charge in [-0.05, 0) is 59.7 Å². The topological polar surface area (TPSA) is 91.4 Å². The van der Waals surface area contributed by atoms with Crippen LogP contribution in [0.25, 0.3) is 0 Å². The van der Waals surface area contributed by atoms with Crippen molar-refractivity contribution in [1.82, 2.24) is 4.90 Å². The van der Waals surface area contributed by atoms with Crippen molar-refractivity contribution >= 4 is 27.4 Å². The second-order valence-electron chi connectivity index (χ2n) is 9.69. The maximum atomic E-state index is 13.1. The molecule has 0 radical (unpaired) electrons. The van der Waals surface area contributed by atoms with Crippen LogP contribution in [0.2, 0.25) is 0 Å². The summed E-state index contributed by atoms with van der Waals surface area (Å²) in [5.41, 5.74) is 2.24. The van der Waals surface area contributed by atoms with E-state index >= 15 is 0 Å². The summed E-state index contributed by atoms with van der Waals surface area (Å²) in [6, 6.07) is 27.5. The predicted octanol–water partition coefficient (Wildman–Crippen LogP) is 5.84. The minimum Gasteiger partial charge on any atom is -0.497 e. The molecule has 0 saturated carbocycles. The molecule has 4 aromatic carbocycles. The van der Waals surface area contributed by atoms with Crippen LogP contribution in [0.15, 0.2) is 101 Å². The van der Waals surface area contributed by atoms with Gasteiger partial charge < -0.3 is 18.9 Å². The number of ether oxygens (including phenoxy) is 4. The standard InChI is InChI=1S/C32H31NO7S2/c1-37-26-15-25(16-27(17-26)38-2)30(34)20-42(35,36)29-11-8-23(9-12-29)18-33(21-41-28-6-4-3-5-7-28)19-24-10-13-31-32(14-24)40-22-39-31/h3-17H,18-22H2,1-2H3. The van der Waals surface area contributed by atoms with E-state index in [1.807, 2.05) is 36.4 Å². The van der Waals surface area contributed by atoms with Crippen LogP contribution in [0, 0.1) is 0 Å². The van der Waals surface area contributed by atoms with Crippen molar-refractivity contribution in [1.29, 1.82) is 0 Å². The van der Waals surface area contributed by atoms with Gasteiger partial charge in [-0.3, -0.25) is 9.69 Å². The molecule has 0 N–H and O–H groups in total. The normalized spacial score (nSPS) is 12.4. The van der Waals surface area contributed by atoms with E-state index in [-0.39, 0.29) is 17.3 Å². The number of benzene rings is 4. The molecule has 218 valence electrons. The van der Waals surface area contributed by atoms with E-state index in [1.165, 1.54) is 26.4 Å². The Morgan fingerprint density at radius 2 is 1.45 bits per heavy atom. The van der Waals surface area contributed by atoms with Crippen LogP contribution in [0.4, 0.5) is 0 Å². The number of Topliss-reactive ketones (excluding diaryl/α,β-unsaturated/α-hetero) is 1. The van der Waals surface area contributed by atoms with Gasteiger partial charge in [0.15, 0.2) is 27.1 Å². The first-order chi connectivity index (χ1) is 20.3. The van der Waals surface area contributed by atoms with Gasteiger partial charge in [0.05, 0.1) is 19.1 Å². The van der Waals surface area contributed by atoms with Crippen LogP contribution in [-0.4, -0.2) is 51.7 Å². The largest absolute Gasteiger partial charge is 0.497 e. The fourth-order valence-corrected chi connectivity index (χ4v) is 6.59. The van der Waals surface area contributed by atoms with E-state index < -0.39 is 21.4 Å². The van der Waals surface area contributed by atoms with E-state index in [0.29, 0.717) is 24.6 Å². The first-order valence-corrected chi connectivity index (χ1v) is 15.8. The zero-order valence-electron chi connectivity index (χ0n) is 23.3. The van der Waals surface area contributed by atoms with Crippen molar-refractivity contribution in [3.63, 3.8) is 0 Å². The maximum Gasteiger partial charge on any atom is 0.231 e. The third-order valence-corrected chi connectivity index (χ3v) is 9.42. The van der Waals surface area contributed by atoms with Crippen LogP contribution in [0.3, 0.4) is 0 Å². The van der Waals surface area contributed by atoms with Crippen molar-refractivity contribution in [2.75, 3.05) is 32.6 Å². The Balaban J connectivity index is 1.29. The van der Waals surface area contributed by atoms with Gasteiger partial charge in [-0.1, -0.05) is 36.4 Å². The third-order valence-electron chi connectivity index (χ3n) is 6.68. The minimum atomic E-state index is -3.87. The maximum absolute atomic E-state index is 13.1. The van der Waals surface area contributed by atoms with E-state index in [0.717, 1.165) is 33.4 Å². The number of nitrogens with zero attached hydrogens (tertiary/aromatic N) is 1. The Kier molecular flexibility index (Phi) is 9.36. The highest BCUT2D eigenvalue weighted by atomic mass is 32.2. The molecule has 10 heteroatoms. The molecule has 4 aromatic rings. The molecule has 0 unspecified atom stereocenters. The summed E-state index contributed by atoms with van der Waals surface area (Å²) in [5.74, 6) is 1.82. The summed E-state index contributed by atoms with van der Waals surface area (Å²) in [6.45, 7) is 1.48. The fraction of sp³-hybridized carbons (Fsp3) is 0.219. The summed E-state index contributed by atoms with van der Waals surface area (Å²) in [4.78, 5) is 16.4. The summed E-state index contributed by atoms with van der Waals surface area (Å²) in [6.07, 6.45) is 0. The quantitative estimate of drug-likeness (QED) is 0.106. The highest BCUT2D eigenvalue weighted by molar-refractivity contribution is 7.99. The van der Waals surface area contributed by atoms with Crippen LogP contribution >= 0.6 is 11.8 Å². The minimum absolute atomic E-state index is 0.0930. The zero-order valence-corrected chi connectivity index (χ0v) is 25.0. The van der Waals surface area contributed by atoms with Crippen molar-refractivity contribution in [3.8, 4) is 23.0 Å². The van der Waals surface area contributed by atoms with Gasteiger partial charge in [-0.15, -0.1) is 11.8 Å². The molecule has 0 amide bonds. The molecule has 1 aliphatic heterocycles. The zero-order chi connectivity index (χ0) is 29.5. The van der Waals surface area contributed by atoms with Gasteiger partial charge in [0.1, 0.15) is 17.3 Å². The first-order valence-electron chi connectivity index (χ1n) is 13.2. The molecule has 1 aliphatic rings. The highest BCUT2D eigenvalue weighted by Crippen LogP contribution is 2.33. The molecular weight excluding hydrogens is 574 g/mol. The van der Waals surface area contributed by atoms with Gasteiger partial charge in [0.2, 0.25) is 6.79 Å². The number of carbonyl (C=O) groups is 1. The van der Waals surface area contributed by atoms with E-state index in [2.05, 4.69) is 17.0 Å². The number of methoxy groups -OCH3 is 2. The fourth-order valence-electron chi connectivity index (χ4n) is 4.50. The van der Waals surface area contributed by atoms with Crippen LogP contribution < -0.4 is 18.9 Å². The number of ketones is 1. The van der Waals surface area contributed by atoms with E-state index in [1.54, 1.807) is 42.1 Å². The molecule has 8 nitrogen and oxygen atoms in total. The summed E-state index contributed by atoms with van der Waals surface area (Å²) in [5, 5.41) is 0. The Morgan fingerprint density at radius 1 is 0.810 bits per heavy atom. The second kappa shape index (κ2) is 13.3. The molecule has 1 heterocycles. The number of rotatable bonds is 13. The first kappa shape index (κ1) is 29.5. The van der Waals surface area contributed by atoms with E-state index in [9.17, 15) is 13.2 Å². The molecule has 0 spiro atoms. The average Bonchev–Trinajstić information content (AvgIpc) is 3.48. The predicted molar refractivity (Wildman–Crippen MR) is 161 cm³/mol. The summed E-state index contributed by atoms with van der Waals surface area (Å²) >= 11 is 1.73. The smallest absolute Gasteiger partial charge is 0.231 e. The van der Waals surface area contributed by atoms with Crippen molar-refractivity contribution in [2.24, 2.45) is 0 Å². The van der Waals surface area contributed by atoms with Gasteiger partial charge in [0.25, 0.3) is 0 Å². The molecule has 0 saturated heterocycles. The van der Waals surface area contributed by atoms with Crippen LogP contribution in [0.1, 0.15) is 21.5 Å². The van der Waals surface area contributed by atoms with Crippen molar-refractivity contribution in [3.05, 3.63) is 108 Å². The lowest BCUT2D eigenvalue weighted by atomic mass is 10.1. The molecule has 5 rings (SSSR count). The average molecular weight is 606 g/mol. The molecule has 42 heavy (non-hydrogen) atoms. The number of hydrogen-bond acceptors (Lipinski definition) is 9. The number of fused-ring (bicyclic) bond motifs is 1. The van der Waals surface area contributed by atoms with Crippen molar-refractivity contribution < 1.29 is 32.2 Å². The number of sulfone groups is 1. The number of thioether (sulfide) groups is 1. The SMILES string of the molecule is COc1cc(OC)cc(C(=O)CS(=O)(=O)c2ccc(CN(CSc3ccccc3)Cc3ccc4c(c3)OCO4)cc2)c1. The molecule has 0 bridgehead atoms. The Labute approximate surface area is 250 Å². The van der Waals surface area contributed by atoms with Gasteiger partial charge in [0, 0.05) is 35.5 Å². The lowest BCUT2D eigenvalue weighted by molar-refractivity contribution is 0.102. The third kappa shape index (κ3) is 7.44. The van der Waals surface area contributed by atoms with Crippen LogP contribution in [0.5, 0.6) is 23.0 Å². The molecule has 0 aromatic heterocycles. The van der Waals surface area contributed by atoms with Crippen molar-refractivity contribution in [2.45, 2.75) is 22.9 Å². The summed E-state index contributed by atoms with van der Waals surface area (Å²) < 4.78 is 47.7. The molecular formula is C32H31NO7S2. The van der Waals surface area contributed by atoms with Gasteiger partial charge >= 0.3 is 0 Å². The monoisotopic (exact) mass is 605 g/mol. The summed E-state index contributed by atoms with van der Waals surface area (Å²) in [7, 11) is -0.927. The molecule has 0 atom stereocenters. The highest BCUT2D eigenvalue weighted by Gasteiger charge is 2.22. The Hall–Kier alpha value is -3.99. The molecule has 0 fully saturated rings. The Morgan fingerprint density at radius 3 is 2.14 bits per heavy atom. The second-order valence-corrected chi connectivity index (χ2v) is 12.7. The van der Waals surface area contributed by atoms with Gasteiger partial charge in [-0.2, -0.15) is 0 Å². The van der Waals surface area contributed by atoms with E-state index in [4.69, 9.17) is 18.9 Å². The molecule has 0 aliphatic carbocycles. The van der Waals surface area contributed by atoms with Crippen LogP contribution in [-0.2, 0) is 22.9 Å². The lowest BCUT2D eigenvalue weighted by Gasteiger charge is -2.22. The number of carbonyl (C=O) groups excluding carboxylic acids is 1.